The summed E-state index contributed by atoms with van der Waals surface area (Å²) in [5, 5.41) is 9.31. The monoisotopic (exact) mass is 400 g/mol. The van der Waals surface area contributed by atoms with Gasteiger partial charge in [0.05, 0.1) is 16.5 Å². The number of sulfonamides is 1. The van der Waals surface area contributed by atoms with E-state index < -0.39 is 15.9 Å². The molecule has 0 aromatic heterocycles. The highest BCUT2D eigenvalue weighted by Crippen LogP contribution is 2.29. The molecular weight excluding hydrogens is 388 g/mol. The number of nitrogens with zero attached hydrogens (tertiary/aromatic N) is 1. The summed E-state index contributed by atoms with van der Waals surface area (Å²) in [6, 6.07) is 12.3. The second-order valence-corrected chi connectivity index (χ2v) is 7.75. The highest BCUT2D eigenvalue weighted by Gasteiger charge is 2.16. The van der Waals surface area contributed by atoms with Crippen LogP contribution in [0.25, 0.3) is 6.08 Å². The Balaban J connectivity index is 1.71. The molecule has 2 aromatic rings. The zero-order chi connectivity index (χ0) is 19.4. The van der Waals surface area contributed by atoms with Gasteiger partial charge in [-0.15, -0.1) is 0 Å². The number of benzene rings is 2. The molecule has 0 spiro atoms. The molecule has 0 radical (unpaired) electrons. The Labute approximate surface area is 161 Å². The number of nitrogens with one attached hydrogen (secondary N) is 1. The fraction of sp³-hybridized carbons (Fsp3) is 0.0526. The van der Waals surface area contributed by atoms with Crippen LogP contribution in [0.4, 0.5) is 0 Å². The standard InChI is InChI=1S/C19H13ClN2O4S/c20-16-4-7-18-15(10-16)9-14(12-26-18)3-8-19(23)22-27(24,25)17-5-1-13(11-21)2-6-17/h1-10H,12H2,(H,22,23)/b8-3-. The highest BCUT2D eigenvalue weighted by atomic mass is 35.5. The lowest BCUT2D eigenvalue weighted by Gasteiger charge is -2.16. The van der Waals surface area contributed by atoms with Gasteiger partial charge in [0.25, 0.3) is 15.9 Å². The van der Waals surface area contributed by atoms with Crippen LogP contribution in [0.2, 0.25) is 5.02 Å². The number of rotatable bonds is 4. The summed E-state index contributed by atoms with van der Waals surface area (Å²) in [4.78, 5) is 11.9. The van der Waals surface area contributed by atoms with E-state index in [0.717, 1.165) is 11.6 Å². The summed E-state index contributed by atoms with van der Waals surface area (Å²) in [5.41, 5.74) is 1.79. The lowest BCUT2D eigenvalue weighted by molar-refractivity contribution is -0.114. The summed E-state index contributed by atoms with van der Waals surface area (Å²) in [7, 11) is -4.02. The van der Waals surface area contributed by atoms with E-state index in [2.05, 4.69) is 0 Å². The Morgan fingerprint density at radius 3 is 2.67 bits per heavy atom. The Morgan fingerprint density at radius 1 is 1.22 bits per heavy atom. The molecule has 1 heterocycles. The van der Waals surface area contributed by atoms with E-state index in [1.165, 1.54) is 30.3 Å². The molecule has 0 fully saturated rings. The number of fused-ring (bicyclic) bond motifs is 1. The third kappa shape index (κ3) is 4.56. The van der Waals surface area contributed by atoms with Gasteiger partial charge >= 0.3 is 0 Å². The molecule has 0 unspecified atom stereocenters. The first-order chi connectivity index (χ1) is 12.9. The lowest BCUT2D eigenvalue weighted by Crippen LogP contribution is -2.29. The lowest BCUT2D eigenvalue weighted by atomic mass is 10.1. The molecule has 3 rings (SSSR count). The summed E-state index contributed by atoms with van der Waals surface area (Å²) >= 11 is 5.95. The molecule has 8 heteroatoms. The first-order valence-electron chi connectivity index (χ1n) is 7.75. The number of nitriles is 1. The van der Waals surface area contributed by atoms with E-state index >= 15 is 0 Å². The molecule has 0 bridgehead atoms. The van der Waals surface area contributed by atoms with Crippen molar-refractivity contribution in [2.75, 3.05) is 6.61 Å². The van der Waals surface area contributed by atoms with Crippen LogP contribution >= 0.6 is 11.6 Å². The maximum atomic E-state index is 12.2. The molecule has 0 saturated heterocycles. The van der Waals surface area contributed by atoms with Gasteiger partial charge in [-0.25, -0.2) is 13.1 Å². The molecule has 2 aromatic carbocycles. The van der Waals surface area contributed by atoms with Gasteiger partial charge in [-0.05, 0) is 54.1 Å². The average molecular weight is 401 g/mol. The molecule has 1 N–H and O–H groups in total. The maximum Gasteiger partial charge on any atom is 0.264 e. The van der Waals surface area contributed by atoms with Gasteiger partial charge in [-0.1, -0.05) is 17.7 Å². The van der Waals surface area contributed by atoms with Crippen molar-refractivity contribution in [1.82, 2.24) is 4.72 Å². The fourth-order valence-corrected chi connectivity index (χ4v) is 3.50. The van der Waals surface area contributed by atoms with E-state index in [4.69, 9.17) is 21.6 Å². The van der Waals surface area contributed by atoms with Crippen LogP contribution in [0.3, 0.4) is 0 Å². The number of amides is 1. The number of ether oxygens (including phenoxy) is 1. The molecule has 136 valence electrons. The molecule has 0 saturated carbocycles. The summed E-state index contributed by atoms with van der Waals surface area (Å²) in [6.45, 7) is 0.251. The zero-order valence-corrected chi connectivity index (χ0v) is 15.4. The molecule has 0 aliphatic carbocycles. The number of carbonyl (C=O) groups is 1. The smallest absolute Gasteiger partial charge is 0.264 e. The number of hydrogen-bond acceptors (Lipinski definition) is 5. The highest BCUT2D eigenvalue weighted by molar-refractivity contribution is 7.90. The number of hydrogen-bond donors (Lipinski definition) is 1. The van der Waals surface area contributed by atoms with Crippen molar-refractivity contribution in [3.8, 4) is 11.8 Å². The van der Waals surface area contributed by atoms with Crippen molar-refractivity contribution in [2.24, 2.45) is 0 Å². The van der Waals surface area contributed by atoms with Crippen LogP contribution in [0.5, 0.6) is 5.75 Å². The van der Waals surface area contributed by atoms with E-state index in [1.54, 1.807) is 18.2 Å². The largest absolute Gasteiger partial charge is 0.488 e. The fourth-order valence-electron chi connectivity index (χ4n) is 2.38. The van der Waals surface area contributed by atoms with Gasteiger partial charge in [0.15, 0.2) is 0 Å². The van der Waals surface area contributed by atoms with Crippen molar-refractivity contribution >= 4 is 33.6 Å². The predicted molar refractivity (Wildman–Crippen MR) is 101 cm³/mol. The Kier molecular flexibility index (Phi) is 5.31. The minimum Gasteiger partial charge on any atom is -0.488 e. The molecule has 1 aliphatic heterocycles. The second-order valence-electron chi connectivity index (χ2n) is 5.63. The van der Waals surface area contributed by atoms with E-state index in [1.807, 2.05) is 16.9 Å². The normalized spacial score (nSPS) is 13.3. The van der Waals surface area contributed by atoms with Crippen LogP contribution in [0.1, 0.15) is 11.1 Å². The van der Waals surface area contributed by atoms with Crippen molar-refractivity contribution in [3.63, 3.8) is 0 Å². The van der Waals surface area contributed by atoms with E-state index in [9.17, 15) is 13.2 Å². The maximum absolute atomic E-state index is 12.2. The van der Waals surface area contributed by atoms with Gasteiger partial charge in [0, 0.05) is 16.7 Å². The van der Waals surface area contributed by atoms with Crippen LogP contribution in [-0.4, -0.2) is 20.9 Å². The van der Waals surface area contributed by atoms with Crippen molar-refractivity contribution in [3.05, 3.63) is 76.3 Å². The Morgan fingerprint density at radius 2 is 1.96 bits per heavy atom. The summed E-state index contributed by atoms with van der Waals surface area (Å²) in [6.07, 6.45) is 4.41. The van der Waals surface area contributed by atoms with E-state index in [-0.39, 0.29) is 11.5 Å². The quantitative estimate of drug-likeness (QED) is 0.795. The van der Waals surface area contributed by atoms with Gasteiger partial charge in [0.1, 0.15) is 12.4 Å². The minimum atomic E-state index is -4.02. The zero-order valence-electron chi connectivity index (χ0n) is 13.8. The SMILES string of the molecule is N#Cc1ccc(S(=O)(=O)NC(=O)/C=C\C2=Cc3cc(Cl)ccc3OC2)cc1. The van der Waals surface area contributed by atoms with Crippen LogP contribution < -0.4 is 9.46 Å². The van der Waals surface area contributed by atoms with Gasteiger partial charge in [-0.2, -0.15) is 5.26 Å². The average Bonchev–Trinajstić information content (AvgIpc) is 2.65. The molecule has 0 atom stereocenters. The summed E-state index contributed by atoms with van der Waals surface area (Å²) < 4.78 is 31.9. The third-order valence-electron chi connectivity index (χ3n) is 3.68. The van der Waals surface area contributed by atoms with Crippen molar-refractivity contribution < 1.29 is 17.9 Å². The first kappa shape index (κ1) is 18.7. The minimum absolute atomic E-state index is 0.105. The number of halogens is 1. The Hall–Kier alpha value is -3.08. The van der Waals surface area contributed by atoms with Crippen molar-refractivity contribution in [1.29, 1.82) is 5.26 Å². The third-order valence-corrected chi connectivity index (χ3v) is 5.28. The van der Waals surface area contributed by atoms with Crippen LogP contribution in [-0.2, 0) is 14.8 Å². The summed E-state index contributed by atoms with van der Waals surface area (Å²) in [5.74, 6) is -0.110. The molecule has 1 amide bonds. The predicted octanol–water partition coefficient (Wildman–Crippen LogP) is 3.05. The first-order valence-corrected chi connectivity index (χ1v) is 9.61. The van der Waals surface area contributed by atoms with Crippen LogP contribution in [0, 0.1) is 11.3 Å². The topological polar surface area (TPSA) is 96.3 Å². The van der Waals surface area contributed by atoms with Gasteiger partial charge in [-0.3, -0.25) is 4.79 Å². The van der Waals surface area contributed by atoms with Crippen LogP contribution in [0.15, 0.2) is 65.1 Å². The molecule has 6 nitrogen and oxygen atoms in total. The number of carbonyl (C=O) groups excluding carboxylic acids is 1. The van der Waals surface area contributed by atoms with Gasteiger partial charge in [0.2, 0.25) is 0 Å². The Bertz CT molecular complexity index is 1100. The second kappa shape index (κ2) is 7.66. The van der Waals surface area contributed by atoms with Crippen molar-refractivity contribution in [2.45, 2.75) is 4.90 Å². The van der Waals surface area contributed by atoms with Gasteiger partial charge < -0.3 is 4.74 Å². The van der Waals surface area contributed by atoms with E-state index in [0.29, 0.717) is 21.9 Å². The molecule has 1 aliphatic rings. The molecular formula is C19H13ClN2O4S. The molecule has 27 heavy (non-hydrogen) atoms.